The first-order chi connectivity index (χ1) is 8.46. The molecule has 1 unspecified atom stereocenters. The van der Waals surface area contributed by atoms with Crippen molar-refractivity contribution in [2.24, 2.45) is 7.05 Å². The van der Waals surface area contributed by atoms with Crippen LogP contribution in [0.15, 0.2) is 30.5 Å². The van der Waals surface area contributed by atoms with Crippen LogP contribution >= 0.6 is 0 Å². The van der Waals surface area contributed by atoms with E-state index in [1.165, 1.54) is 25.4 Å². The molecule has 1 aromatic heterocycles. The van der Waals surface area contributed by atoms with Crippen molar-refractivity contribution in [3.63, 3.8) is 0 Å². The first-order valence-electron chi connectivity index (χ1n) is 5.51. The summed E-state index contributed by atoms with van der Waals surface area (Å²) in [5, 5.41) is 14.7. The number of benzene rings is 1. The Morgan fingerprint density at radius 1 is 1.33 bits per heavy atom. The fourth-order valence-corrected chi connectivity index (χ4v) is 2.03. The van der Waals surface area contributed by atoms with E-state index in [9.17, 15) is 9.50 Å². The van der Waals surface area contributed by atoms with Crippen LogP contribution < -0.4 is 4.74 Å². The van der Waals surface area contributed by atoms with Gasteiger partial charge in [0.25, 0.3) is 0 Å². The molecule has 0 aliphatic rings. The lowest BCUT2D eigenvalue weighted by atomic mass is 9.92. The molecule has 1 N–H and O–H groups in total. The normalized spacial score (nSPS) is 14.3. The van der Waals surface area contributed by atoms with Crippen LogP contribution in [0.25, 0.3) is 0 Å². The Bertz CT molecular complexity index is 547. The molecule has 1 heterocycles. The van der Waals surface area contributed by atoms with E-state index in [1.807, 2.05) is 0 Å². The van der Waals surface area contributed by atoms with Crippen molar-refractivity contribution >= 4 is 0 Å². The second-order valence-corrected chi connectivity index (χ2v) is 4.26. The van der Waals surface area contributed by atoms with Crippen LogP contribution in [0.4, 0.5) is 4.39 Å². The third-order valence-electron chi connectivity index (χ3n) is 2.99. The van der Waals surface area contributed by atoms with E-state index in [-0.39, 0.29) is 5.82 Å². The van der Waals surface area contributed by atoms with Crippen LogP contribution in [0.5, 0.6) is 5.75 Å². The highest BCUT2D eigenvalue weighted by Gasteiger charge is 2.32. The number of nitrogens with zero attached hydrogens (tertiary/aromatic N) is 2. The number of aryl methyl sites for hydroxylation is 1. The van der Waals surface area contributed by atoms with Crippen molar-refractivity contribution < 1.29 is 14.2 Å². The summed E-state index contributed by atoms with van der Waals surface area (Å²) in [6.07, 6.45) is 1.54. The Morgan fingerprint density at radius 3 is 2.50 bits per heavy atom. The number of rotatable bonds is 3. The summed E-state index contributed by atoms with van der Waals surface area (Å²) in [6, 6.07) is 5.71. The van der Waals surface area contributed by atoms with Gasteiger partial charge in [0.1, 0.15) is 17.1 Å². The molecule has 0 aliphatic carbocycles. The highest BCUT2D eigenvalue weighted by Crippen LogP contribution is 2.34. The van der Waals surface area contributed by atoms with Gasteiger partial charge in [-0.15, -0.1) is 0 Å². The van der Waals surface area contributed by atoms with Gasteiger partial charge in [0.15, 0.2) is 5.75 Å². The topological polar surface area (TPSA) is 47.3 Å². The number of ether oxygens (including phenoxy) is 1. The minimum absolute atomic E-state index is 0.341. The molecule has 0 saturated heterocycles. The van der Waals surface area contributed by atoms with Crippen molar-refractivity contribution in [3.05, 3.63) is 47.5 Å². The minimum atomic E-state index is -1.30. The highest BCUT2D eigenvalue weighted by atomic mass is 19.1. The van der Waals surface area contributed by atoms with E-state index >= 15 is 0 Å². The maximum atomic E-state index is 12.9. The van der Waals surface area contributed by atoms with E-state index in [0.717, 1.165) is 0 Å². The summed E-state index contributed by atoms with van der Waals surface area (Å²) in [5.74, 6) is 0.151. The molecule has 0 aliphatic heterocycles. The fourth-order valence-electron chi connectivity index (χ4n) is 2.03. The molecule has 0 saturated carbocycles. The number of hydrogen-bond acceptors (Lipinski definition) is 3. The first kappa shape index (κ1) is 12.6. The first-order valence-corrected chi connectivity index (χ1v) is 5.51. The molecule has 5 heteroatoms. The van der Waals surface area contributed by atoms with Crippen molar-refractivity contribution in [3.8, 4) is 5.75 Å². The monoisotopic (exact) mass is 250 g/mol. The van der Waals surface area contributed by atoms with Gasteiger partial charge < -0.3 is 9.84 Å². The van der Waals surface area contributed by atoms with Gasteiger partial charge in [-0.3, -0.25) is 4.68 Å². The van der Waals surface area contributed by atoms with Gasteiger partial charge in [-0.05, 0) is 24.6 Å². The molecule has 2 rings (SSSR count). The van der Waals surface area contributed by atoms with E-state index in [2.05, 4.69) is 5.10 Å². The Hall–Kier alpha value is -1.88. The summed E-state index contributed by atoms with van der Waals surface area (Å²) >= 11 is 0. The second-order valence-electron chi connectivity index (χ2n) is 4.26. The lowest BCUT2D eigenvalue weighted by Gasteiger charge is -2.25. The highest BCUT2D eigenvalue weighted by molar-refractivity contribution is 5.39. The lowest BCUT2D eigenvalue weighted by molar-refractivity contribution is 0.0896. The molecule has 0 radical (unpaired) electrons. The van der Waals surface area contributed by atoms with Gasteiger partial charge >= 0.3 is 0 Å². The van der Waals surface area contributed by atoms with Crippen LogP contribution in [0.3, 0.4) is 0 Å². The van der Waals surface area contributed by atoms with Crippen molar-refractivity contribution in [1.29, 1.82) is 0 Å². The SMILES string of the molecule is COc1cnn(C)c1C(C)(O)c1ccc(F)cc1. The Balaban J connectivity index is 2.53. The van der Waals surface area contributed by atoms with Gasteiger partial charge in [-0.25, -0.2) is 4.39 Å². The number of hydrogen-bond donors (Lipinski definition) is 1. The standard InChI is InChI=1S/C13H15FN2O2/c1-13(17,9-4-6-10(14)7-5-9)12-11(18-3)8-15-16(12)2/h4-8,17H,1-3H3. The maximum absolute atomic E-state index is 12.9. The maximum Gasteiger partial charge on any atom is 0.163 e. The van der Waals surface area contributed by atoms with Crippen molar-refractivity contribution in [1.82, 2.24) is 9.78 Å². The van der Waals surface area contributed by atoms with Gasteiger partial charge in [0, 0.05) is 7.05 Å². The van der Waals surface area contributed by atoms with Gasteiger partial charge in [0.2, 0.25) is 0 Å². The fraction of sp³-hybridized carbons (Fsp3) is 0.308. The van der Waals surface area contributed by atoms with Crippen LogP contribution in [-0.4, -0.2) is 22.0 Å². The molecule has 0 spiro atoms. The number of aromatic nitrogens is 2. The Kier molecular flexibility index (Phi) is 3.09. The number of aliphatic hydroxyl groups is 1. The largest absolute Gasteiger partial charge is 0.493 e. The van der Waals surface area contributed by atoms with E-state index in [4.69, 9.17) is 4.74 Å². The molecule has 2 aromatic rings. The molecule has 96 valence electrons. The summed E-state index contributed by atoms with van der Waals surface area (Å²) in [5.41, 5.74) is -0.202. The average molecular weight is 250 g/mol. The molecule has 4 nitrogen and oxygen atoms in total. The molecular weight excluding hydrogens is 235 g/mol. The van der Waals surface area contributed by atoms with Crippen LogP contribution in [0.2, 0.25) is 0 Å². The molecule has 0 fully saturated rings. The summed E-state index contributed by atoms with van der Waals surface area (Å²) < 4.78 is 19.6. The number of halogens is 1. The average Bonchev–Trinajstić information content (AvgIpc) is 2.71. The van der Waals surface area contributed by atoms with Gasteiger partial charge in [0.05, 0.1) is 13.3 Å². The molecule has 1 atom stereocenters. The second kappa shape index (κ2) is 4.42. The Labute approximate surface area is 105 Å². The van der Waals surface area contributed by atoms with Crippen LogP contribution in [0, 0.1) is 5.82 Å². The Morgan fingerprint density at radius 2 is 1.94 bits per heavy atom. The lowest BCUT2D eigenvalue weighted by Crippen LogP contribution is -2.26. The zero-order chi connectivity index (χ0) is 13.3. The third-order valence-corrected chi connectivity index (χ3v) is 2.99. The van der Waals surface area contributed by atoms with E-state index in [1.54, 1.807) is 30.8 Å². The van der Waals surface area contributed by atoms with Crippen LogP contribution in [0.1, 0.15) is 18.2 Å². The summed E-state index contributed by atoms with van der Waals surface area (Å²) in [6.45, 7) is 1.62. The zero-order valence-corrected chi connectivity index (χ0v) is 10.5. The van der Waals surface area contributed by atoms with Gasteiger partial charge in [-0.2, -0.15) is 5.10 Å². The van der Waals surface area contributed by atoms with Gasteiger partial charge in [-0.1, -0.05) is 12.1 Å². The number of methoxy groups -OCH3 is 1. The molecular formula is C13H15FN2O2. The predicted molar refractivity (Wildman–Crippen MR) is 64.8 cm³/mol. The van der Waals surface area contributed by atoms with E-state index < -0.39 is 5.60 Å². The quantitative estimate of drug-likeness (QED) is 0.904. The predicted octanol–water partition coefficient (Wildman–Crippen LogP) is 1.82. The van der Waals surface area contributed by atoms with Crippen molar-refractivity contribution in [2.45, 2.75) is 12.5 Å². The van der Waals surface area contributed by atoms with Crippen LogP contribution in [-0.2, 0) is 12.6 Å². The van der Waals surface area contributed by atoms with Crippen molar-refractivity contribution in [2.75, 3.05) is 7.11 Å². The summed E-state index contributed by atoms with van der Waals surface area (Å²) in [4.78, 5) is 0. The molecule has 1 aromatic carbocycles. The smallest absolute Gasteiger partial charge is 0.163 e. The molecule has 0 amide bonds. The van der Waals surface area contributed by atoms with E-state index in [0.29, 0.717) is 17.0 Å². The third kappa shape index (κ3) is 1.97. The molecule has 18 heavy (non-hydrogen) atoms. The zero-order valence-electron chi connectivity index (χ0n) is 10.5. The summed E-state index contributed by atoms with van der Waals surface area (Å²) in [7, 11) is 3.23. The minimum Gasteiger partial charge on any atom is -0.493 e. The molecule has 0 bridgehead atoms.